The van der Waals surface area contributed by atoms with Crippen LogP contribution in [0.1, 0.15) is 30.4 Å². The fourth-order valence-corrected chi connectivity index (χ4v) is 4.00. The number of halogens is 1. The van der Waals surface area contributed by atoms with E-state index in [1.165, 1.54) is 10.7 Å². The van der Waals surface area contributed by atoms with Gasteiger partial charge in [0.05, 0.1) is 28.5 Å². The molecule has 31 heavy (non-hydrogen) atoms. The van der Waals surface area contributed by atoms with Crippen molar-refractivity contribution in [2.24, 2.45) is 0 Å². The molecule has 2 fully saturated rings. The first-order valence-electron chi connectivity index (χ1n) is 9.85. The monoisotopic (exact) mass is 435 g/mol. The number of nitriles is 1. The fourth-order valence-electron chi connectivity index (χ4n) is 3.66. The van der Waals surface area contributed by atoms with Crippen LogP contribution >= 0.6 is 11.6 Å². The minimum atomic E-state index is -1.16. The van der Waals surface area contributed by atoms with Crippen molar-refractivity contribution >= 4 is 40.5 Å². The summed E-state index contributed by atoms with van der Waals surface area (Å²) in [6.45, 7) is 8.37. The topological polar surface area (TPSA) is 128 Å². The highest BCUT2D eigenvalue weighted by molar-refractivity contribution is 6.34. The molecule has 1 aliphatic heterocycles. The molecule has 11 heteroatoms. The van der Waals surface area contributed by atoms with Crippen LogP contribution in [0.2, 0.25) is 5.02 Å². The molecular weight excluding hydrogens is 418 g/mol. The Hall–Kier alpha value is -3.44. The van der Waals surface area contributed by atoms with Crippen molar-refractivity contribution in [2.75, 3.05) is 23.7 Å². The van der Waals surface area contributed by atoms with E-state index in [1.807, 2.05) is 0 Å². The van der Waals surface area contributed by atoms with Crippen molar-refractivity contribution in [2.45, 2.75) is 30.9 Å². The van der Waals surface area contributed by atoms with E-state index in [-0.39, 0.29) is 11.8 Å². The smallest absolute Gasteiger partial charge is 0.275 e. The lowest BCUT2D eigenvalue weighted by atomic mass is 9.91. The maximum atomic E-state index is 11.0. The van der Waals surface area contributed by atoms with Crippen molar-refractivity contribution in [3.05, 3.63) is 45.9 Å². The maximum Gasteiger partial charge on any atom is 0.275 e. The van der Waals surface area contributed by atoms with E-state index in [0.717, 1.165) is 12.8 Å². The molecule has 156 valence electrons. The number of nitrogens with zero attached hydrogens (tertiary/aromatic N) is 6. The zero-order valence-electron chi connectivity index (χ0n) is 16.4. The van der Waals surface area contributed by atoms with Crippen LogP contribution in [-0.4, -0.2) is 43.8 Å². The van der Waals surface area contributed by atoms with Crippen LogP contribution in [0, 0.1) is 17.9 Å². The summed E-state index contributed by atoms with van der Waals surface area (Å²) in [5.41, 5.74) is 0.530. The van der Waals surface area contributed by atoms with E-state index >= 15 is 0 Å². The Labute approximate surface area is 182 Å². The Balaban J connectivity index is 1.59. The number of hydrogen-bond acceptors (Lipinski definition) is 8. The van der Waals surface area contributed by atoms with E-state index in [4.69, 9.17) is 18.2 Å². The van der Waals surface area contributed by atoms with Crippen molar-refractivity contribution < 1.29 is 5.11 Å². The first-order chi connectivity index (χ1) is 15.0. The quantitative estimate of drug-likeness (QED) is 0.450. The second kappa shape index (κ2) is 7.36. The average molecular weight is 436 g/mol. The minimum absolute atomic E-state index is 0.193. The maximum absolute atomic E-state index is 11.0. The molecule has 1 saturated carbocycles. The minimum Gasteiger partial charge on any atom is -0.384 e. The molecule has 3 aromatic rings. The fraction of sp³-hybridized carbons (Fsp3) is 0.350. The van der Waals surface area contributed by atoms with E-state index in [1.54, 1.807) is 12.1 Å². The summed E-state index contributed by atoms with van der Waals surface area (Å²) in [6.07, 6.45) is 4.02. The number of rotatable bonds is 5. The first-order valence-corrected chi connectivity index (χ1v) is 10.2. The van der Waals surface area contributed by atoms with Crippen LogP contribution in [-0.2, 0) is 5.60 Å². The van der Waals surface area contributed by atoms with Gasteiger partial charge >= 0.3 is 0 Å². The molecule has 1 atom stereocenters. The molecular formula is C20H18ClN9O. The Morgan fingerprint density at radius 2 is 2.26 bits per heavy atom. The van der Waals surface area contributed by atoms with E-state index in [9.17, 15) is 10.4 Å². The van der Waals surface area contributed by atoms with Gasteiger partial charge in [-0.25, -0.2) is 4.98 Å². The third-order valence-corrected chi connectivity index (χ3v) is 5.87. The van der Waals surface area contributed by atoms with Crippen LogP contribution in [0.5, 0.6) is 0 Å². The van der Waals surface area contributed by atoms with Crippen LogP contribution in [0.25, 0.3) is 10.5 Å². The molecule has 3 heterocycles. The number of imidazole rings is 1. The number of anilines is 3. The molecule has 5 rings (SSSR count). The molecule has 2 aliphatic rings. The lowest BCUT2D eigenvalue weighted by molar-refractivity contribution is 0.0589. The summed E-state index contributed by atoms with van der Waals surface area (Å²) in [5.74, 6) is 0.961. The van der Waals surface area contributed by atoms with Crippen LogP contribution < -0.4 is 16.0 Å². The highest BCUT2D eigenvalue weighted by Crippen LogP contribution is 2.39. The Bertz CT molecular complexity index is 1260. The van der Waals surface area contributed by atoms with Gasteiger partial charge in [0.25, 0.3) is 17.4 Å². The van der Waals surface area contributed by atoms with Gasteiger partial charge < -0.3 is 25.9 Å². The van der Waals surface area contributed by atoms with Crippen molar-refractivity contribution in [3.63, 3.8) is 0 Å². The second-order valence-electron chi connectivity index (χ2n) is 7.75. The summed E-state index contributed by atoms with van der Waals surface area (Å²) >= 11 is 6.65. The molecule has 1 aliphatic carbocycles. The number of β-amino-alcohol motifs (C(OH)–C–C–N with tert-alkyl or cyclic N) is 1. The SMILES string of the molecule is [C-]#[N+]c1cnc2c(NC3CC3)nc(Nc3cc(C#N)cc(C4(O)CCNC4)c3Cl)nn12. The van der Waals surface area contributed by atoms with Gasteiger partial charge in [0.15, 0.2) is 5.82 Å². The summed E-state index contributed by atoms with van der Waals surface area (Å²) in [7, 11) is 0. The van der Waals surface area contributed by atoms with Gasteiger partial charge in [-0.3, -0.25) is 0 Å². The average Bonchev–Trinajstić information content (AvgIpc) is 3.30. The van der Waals surface area contributed by atoms with Gasteiger partial charge in [-0.05, 0) is 37.9 Å². The Kier molecular flexibility index (Phi) is 4.63. The van der Waals surface area contributed by atoms with Gasteiger partial charge in [0.2, 0.25) is 0 Å². The van der Waals surface area contributed by atoms with Crippen LogP contribution in [0.4, 0.5) is 23.3 Å². The van der Waals surface area contributed by atoms with E-state index < -0.39 is 5.60 Å². The Morgan fingerprint density at radius 3 is 2.94 bits per heavy atom. The number of hydrogen-bond donors (Lipinski definition) is 4. The van der Waals surface area contributed by atoms with Crippen LogP contribution in [0.3, 0.4) is 0 Å². The number of benzene rings is 1. The summed E-state index contributed by atoms with van der Waals surface area (Å²) in [4.78, 5) is 12.3. The van der Waals surface area contributed by atoms with Crippen LogP contribution in [0.15, 0.2) is 18.3 Å². The zero-order valence-corrected chi connectivity index (χ0v) is 17.1. The predicted octanol–water partition coefficient (Wildman–Crippen LogP) is 2.70. The van der Waals surface area contributed by atoms with Crippen molar-refractivity contribution in [1.82, 2.24) is 24.9 Å². The van der Waals surface area contributed by atoms with Gasteiger partial charge in [0, 0.05) is 18.2 Å². The first kappa shape index (κ1) is 19.5. The zero-order chi connectivity index (χ0) is 21.6. The standard InChI is InChI=1S/C20H18ClN9O/c1-23-15-9-25-18-17(26-12-2-3-12)28-19(29-30(15)18)27-14-7-11(8-22)6-13(16(14)21)20(31)4-5-24-10-20/h6-7,9,12,24,31H,2-5,10H2,(H2,26,27,28,29). The summed E-state index contributed by atoms with van der Waals surface area (Å²) in [5, 5.41) is 34.7. The lowest BCUT2D eigenvalue weighted by Crippen LogP contribution is -2.29. The largest absolute Gasteiger partial charge is 0.384 e. The molecule has 1 saturated heterocycles. The summed E-state index contributed by atoms with van der Waals surface area (Å²) in [6, 6.07) is 5.63. The van der Waals surface area contributed by atoms with Gasteiger partial charge in [0.1, 0.15) is 5.60 Å². The molecule has 4 N–H and O–H groups in total. The molecule has 2 aromatic heterocycles. The van der Waals surface area contributed by atoms with E-state index in [2.05, 4.69) is 41.9 Å². The Morgan fingerprint density at radius 1 is 1.42 bits per heavy atom. The summed E-state index contributed by atoms with van der Waals surface area (Å²) < 4.78 is 1.42. The predicted molar refractivity (Wildman–Crippen MR) is 115 cm³/mol. The molecule has 0 bridgehead atoms. The van der Waals surface area contributed by atoms with Gasteiger partial charge in [-0.1, -0.05) is 23.3 Å². The van der Waals surface area contributed by atoms with Gasteiger partial charge in [-0.2, -0.15) is 10.2 Å². The number of nitrogens with one attached hydrogen (secondary N) is 3. The molecule has 0 amide bonds. The molecule has 1 unspecified atom stereocenters. The molecule has 0 radical (unpaired) electrons. The highest BCUT2D eigenvalue weighted by atomic mass is 35.5. The number of fused-ring (bicyclic) bond motifs is 1. The highest BCUT2D eigenvalue weighted by Gasteiger charge is 2.36. The van der Waals surface area contributed by atoms with Crippen molar-refractivity contribution in [3.8, 4) is 6.07 Å². The molecule has 1 aromatic carbocycles. The number of aliphatic hydroxyl groups is 1. The lowest BCUT2D eigenvalue weighted by Gasteiger charge is -2.24. The molecule has 0 spiro atoms. The van der Waals surface area contributed by atoms with Gasteiger partial charge in [-0.15, -0.1) is 4.52 Å². The normalized spacial score (nSPS) is 20.4. The third kappa shape index (κ3) is 3.51. The number of aromatic nitrogens is 4. The molecule has 10 nitrogen and oxygen atoms in total. The van der Waals surface area contributed by atoms with E-state index in [0.29, 0.717) is 58.9 Å². The second-order valence-corrected chi connectivity index (χ2v) is 8.12. The third-order valence-electron chi connectivity index (χ3n) is 5.46. The van der Waals surface area contributed by atoms with Crippen molar-refractivity contribution in [1.29, 1.82) is 5.26 Å².